The average Bonchev–Trinajstić information content (AvgIpc) is 2.74. The maximum atomic E-state index is 11.7. The lowest BCUT2D eigenvalue weighted by molar-refractivity contribution is -0.146. The van der Waals surface area contributed by atoms with Crippen LogP contribution in [0.2, 0.25) is 0 Å². The Balaban J connectivity index is 2.39. The molecule has 17 heavy (non-hydrogen) atoms. The number of nitrogens with one attached hydrogen (secondary N) is 1. The molecule has 0 bridgehead atoms. The highest BCUT2D eigenvalue weighted by molar-refractivity contribution is 5.76. The fourth-order valence-electron chi connectivity index (χ4n) is 2.36. The van der Waals surface area contributed by atoms with Crippen LogP contribution in [0.4, 0.5) is 0 Å². The van der Waals surface area contributed by atoms with Crippen LogP contribution in [0.1, 0.15) is 27.2 Å². The van der Waals surface area contributed by atoms with Crippen LogP contribution in [0.15, 0.2) is 0 Å². The van der Waals surface area contributed by atoms with E-state index in [0.717, 1.165) is 31.5 Å². The Hall–Kier alpha value is -0.610. The smallest absolute Gasteiger partial charge is 0.324 e. The third kappa shape index (κ3) is 4.28. The van der Waals surface area contributed by atoms with E-state index in [9.17, 15) is 4.79 Å². The molecule has 0 saturated carbocycles. The van der Waals surface area contributed by atoms with Gasteiger partial charge in [-0.15, -0.1) is 0 Å². The number of ether oxygens (including phenoxy) is 1. The second-order valence-electron chi connectivity index (χ2n) is 5.15. The average molecular weight is 242 g/mol. The van der Waals surface area contributed by atoms with E-state index in [0.29, 0.717) is 6.61 Å². The Bertz CT molecular complexity index is 244. The lowest BCUT2D eigenvalue weighted by Gasteiger charge is -2.22. The molecule has 1 rings (SSSR count). The number of rotatable bonds is 6. The summed E-state index contributed by atoms with van der Waals surface area (Å²) in [6.07, 6.45) is 1.25. The van der Waals surface area contributed by atoms with Gasteiger partial charge in [0.15, 0.2) is 0 Å². The molecule has 1 fully saturated rings. The van der Waals surface area contributed by atoms with Crippen molar-refractivity contribution in [2.24, 2.45) is 11.8 Å². The first-order chi connectivity index (χ1) is 8.08. The van der Waals surface area contributed by atoms with Crippen molar-refractivity contribution in [3.8, 4) is 0 Å². The van der Waals surface area contributed by atoms with Gasteiger partial charge in [0, 0.05) is 13.1 Å². The zero-order valence-corrected chi connectivity index (χ0v) is 11.5. The van der Waals surface area contributed by atoms with Crippen LogP contribution in [0.3, 0.4) is 0 Å². The Morgan fingerprint density at radius 2 is 2.24 bits per heavy atom. The highest BCUT2D eigenvalue weighted by Crippen LogP contribution is 2.23. The molecule has 0 spiro atoms. The molecule has 0 radical (unpaired) electrons. The summed E-state index contributed by atoms with van der Waals surface area (Å²) in [5, 5.41) is 3.04. The van der Waals surface area contributed by atoms with Gasteiger partial charge in [0.1, 0.15) is 6.04 Å². The first-order valence-electron chi connectivity index (χ1n) is 6.64. The topological polar surface area (TPSA) is 41.6 Å². The van der Waals surface area contributed by atoms with Crippen LogP contribution in [-0.4, -0.2) is 50.2 Å². The predicted octanol–water partition coefficient (Wildman–Crippen LogP) is 1.12. The first-order valence-corrected chi connectivity index (χ1v) is 6.64. The summed E-state index contributed by atoms with van der Waals surface area (Å²) < 4.78 is 5.05. The number of likely N-dealkylation sites (N-methyl/N-ethyl adjacent to an activating group) is 1. The van der Waals surface area contributed by atoms with E-state index >= 15 is 0 Å². The number of carbonyl (C=O) groups is 1. The molecular formula is C13H26N2O2. The van der Waals surface area contributed by atoms with Gasteiger partial charge in [0.05, 0.1) is 6.61 Å². The summed E-state index contributed by atoms with van der Waals surface area (Å²) in [5.74, 6) is 1.37. The minimum absolute atomic E-state index is 0.136. The van der Waals surface area contributed by atoms with E-state index in [1.807, 2.05) is 14.0 Å². The SMILES string of the molecule is CCOC(=O)C(CN1CCC(C(C)C)C1)NC. The van der Waals surface area contributed by atoms with E-state index < -0.39 is 0 Å². The van der Waals surface area contributed by atoms with E-state index in [-0.39, 0.29) is 12.0 Å². The Labute approximate surface area is 105 Å². The fraction of sp³-hybridized carbons (Fsp3) is 0.923. The molecule has 4 heteroatoms. The van der Waals surface area contributed by atoms with Crippen molar-refractivity contribution in [2.45, 2.75) is 33.2 Å². The Morgan fingerprint density at radius 3 is 2.71 bits per heavy atom. The molecule has 0 aromatic carbocycles. The van der Waals surface area contributed by atoms with E-state index in [1.165, 1.54) is 6.42 Å². The van der Waals surface area contributed by atoms with Gasteiger partial charge < -0.3 is 15.0 Å². The van der Waals surface area contributed by atoms with E-state index in [1.54, 1.807) is 0 Å². The molecule has 4 nitrogen and oxygen atoms in total. The van der Waals surface area contributed by atoms with E-state index in [4.69, 9.17) is 4.74 Å². The van der Waals surface area contributed by atoms with Gasteiger partial charge in [0.2, 0.25) is 0 Å². The molecule has 2 unspecified atom stereocenters. The lowest BCUT2D eigenvalue weighted by atomic mass is 9.95. The monoisotopic (exact) mass is 242 g/mol. The van der Waals surface area contributed by atoms with Crippen molar-refractivity contribution in [1.82, 2.24) is 10.2 Å². The molecule has 1 N–H and O–H groups in total. The Morgan fingerprint density at radius 1 is 1.53 bits per heavy atom. The summed E-state index contributed by atoms with van der Waals surface area (Å²) >= 11 is 0. The summed E-state index contributed by atoms with van der Waals surface area (Å²) in [4.78, 5) is 14.0. The second-order valence-corrected chi connectivity index (χ2v) is 5.15. The number of esters is 1. The van der Waals surface area contributed by atoms with Gasteiger partial charge in [-0.1, -0.05) is 13.8 Å². The van der Waals surface area contributed by atoms with Crippen LogP contribution >= 0.6 is 0 Å². The summed E-state index contributed by atoms with van der Waals surface area (Å²) in [7, 11) is 1.82. The molecule has 2 atom stereocenters. The van der Waals surface area contributed by atoms with Gasteiger partial charge >= 0.3 is 5.97 Å². The third-order valence-corrected chi connectivity index (χ3v) is 3.61. The van der Waals surface area contributed by atoms with Crippen molar-refractivity contribution in [3.05, 3.63) is 0 Å². The van der Waals surface area contributed by atoms with Crippen LogP contribution in [0.5, 0.6) is 0 Å². The normalized spacial score (nSPS) is 23.0. The van der Waals surface area contributed by atoms with Crippen LogP contribution in [0, 0.1) is 11.8 Å². The number of hydrogen-bond donors (Lipinski definition) is 1. The zero-order chi connectivity index (χ0) is 12.8. The fourth-order valence-corrected chi connectivity index (χ4v) is 2.36. The van der Waals surface area contributed by atoms with Crippen molar-refractivity contribution >= 4 is 5.97 Å². The first kappa shape index (κ1) is 14.5. The molecule has 1 heterocycles. The molecule has 1 saturated heterocycles. The van der Waals surface area contributed by atoms with Crippen molar-refractivity contribution in [2.75, 3.05) is 33.3 Å². The lowest BCUT2D eigenvalue weighted by Crippen LogP contribution is -2.45. The Kier molecular flexibility index (Phi) is 5.92. The second kappa shape index (κ2) is 6.97. The summed E-state index contributed by atoms with van der Waals surface area (Å²) in [6.45, 7) is 9.80. The largest absolute Gasteiger partial charge is 0.465 e. The van der Waals surface area contributed by atoms with Crippen molar-refractivity contribution in [1.29, 1.82) is 0 Å². The molecule has 1 aliphatic rings. The highest BCUT2D eigenvalue weighted by Gasteiger charge is 2.28. The maximum Gasteiger partial charge on any atom is 0.324 e. The summed E-state index contributed by atoms with van der Waals surface area (Å²) in [6, 6.07) is -0.194. The quantitative estimate of drug-likeness (QED) is 0.709. The van der Waals surface area contributed by atoms with Crippen LogP contribution in [0.25, 0.3) is 0 Å². The van der Waals surface area contributed by atoms with Crippen LogP contribution in [-0.2, 0) is 9.53 Å². The number of carbonyl (C=O) groups excluding carboxylic acids is 1. The zero-order valence-electron chi connectivity index (χ0n) is 11.5. The van der Waals surface area contributed by atoms with Crippen molar-refractivity contribution in [3.63, 3.8) is 0 Å². The molecule has 0 amide bonds. The predicted molar refractivity (Wildman–Crippen MR) is 68.9 cm³/mol. The molecule has 1 aliphatic heterocycles. The molecule has 0 aliphatic carbocycles. The van der Waals surface area contributed by atoms with E-state index in [2.05, 4.69) is 24.1 Å². The molecule has 100 valence electrons. The highest BCUT2D eigenvalue weighted by atomic mass is 16.5. The van der Waals surface area contributed by atoms with Gasteiger partial charge in [-0.2, -0.15) is 0 Å². The van der Waals surface area contributed by atoms with Gasteiger partial charge in [-0.25, -0.2) is 0 Å². The molecule has 0 aromatic heterocycles. The minimum atomic E-state index is -0.194. The minimum Gasteiger partial charge on any atom is -0.465 e. The van der Waals surface area contributed by atoms with Crippen molar-refractivity contribution < 1.29 is 9.53 Å². The van der Waals surface area contributed by atoms with Gasteiger partial charge in [0.25, 0.3) is 0 Å². The van der Waals surface area contributed by atoms with Gasteiger partial charge in [-0.3, -0.25) is 4.79 Å². The molecule has 0 aromatic rings. The number of nitrogens with zero attached hydrogens (tertiary/aromatic N) is 1. The number of hydrogen-bond acceptors (Lipinski definition) is 4. The standard InChI is InChI=1S/C13H26N2O2/c1-5-17-13(16)12(14-4)9-15-7-6-11(8-15)10(2)3/h10-12,14H,5-9H2,1-4H3. The van der Waals surface area contributed by atoms with Crippen LogP contribution < -0.4 is 5.32 Å². The summed E-state index contributed by atoms with van der Waals surface area (Å²) in [5.41, 5.74) is 0. The third-order valence-electron chi connectivity index (χ3n) is 3.61. The maximum absolute atomic E-state index is 11.7. The van der Waals surface area contributed by atoms with Gasteiger partial charge in [-0.05, 0) is 38.8 Å². The molecular weight excluding hydrogens is 216 g/mol. The number of likely N-dealkylation sites (tertiary alicyclic amines) is 1.